The molecule has 7 nitrogen and oxygen atoms in total. The minimum Gasteiger partial charge on any atom is -0.394 e. The number of rotatable bonds is 4. The molecular formula is C23H24F2N4O3. The minimum absolute atomic E-state index is 0.143. The van der Waals surface area contributed by atoms with E-state index in [9.17, 15) is 18.7 Å². The summed E-state index contributed by atoms with van der Waals surface area (Å²) >= 11 is 0. The van der Waals surface area contributed by atoms with Gasteiger partial charge in [-0.1, -0.05) is 0 Å². The third kappa shape index (κ3) is 3.71. The number of aromatic nitrogens is 2. The van der Waals surface area contributed by atoms with Gasteiger partial charge in [-0.05, 0) is 43.2 Å². The fourth-order valence-corrected chi connectivity index (χ4v) is 4.67. The van der Waals surface area contributed by atoms with Gasteiger partial charge >= 0.3 is 0 Å². The van der Waals surface area contributed by atoms with Crippen LogP contribution in [-0.2, 0) is 4.74 Å². The van der Waals surface area contributed by atoms with Crippen molar-refractivity contribution in [2.75, 3.05) is 37.7 Å². The van der Waals surface area contributed by atoms with E-state index in [0.717, 1.165) is 18.2 Å². The Balaban J connectivity index is 1.47. The van der Waals surface area contributed by atoms with E-state index in [1.54, 1.807) is 21.8 Å². The van der Waals surface area contributed by atoms with Crippen LogP contribution in [0.2, 0.25) is 0 Å². The van der Waals surface area contributed by atoms with Crippen LogP contribution in [0, 0.1) is 11.6 Å². The monoisotopic (exact) mass is 442 g/mol. The number of hydrogen-bond acceptors (Lipinski definition) is 5. The quantitative estimate of drug-likeness (QED) is 0.673. The Labute approximate surface area is 183 Å². The largest absolute Gasteiger partial charge is 0.394 e. The van der Waals surface area contributed by atoms with E-state index < -0.39 is 17.7 Å². The number of benzene rings is 1. The van der Waals surface area contributed by atoms with Gasteiger partial charge in [0.25, 0.3) is 5.91 Å². The highest BCUT2D eigenvalue weighted by molar-refractivity contribution is 6.01. The molecule has 32 heavy (non-hydrogen) atoms. The second-order valence-electron chi connectivity index (χ2n) is 8.22. The highest BCUT2D eigenvalue weighted by Gasteiger charge is 2.30. The molecule has 1 unspecified atom stereocenters. The van der Waals surface area contributed by atoms with E-state index in [-0.39, 0.29) is 18.6 Å². The molecule has 0 bridgehead atoms. The van der Waals surface area contributed by atoms with Crippen LogP contribution in [0.25, 0.3) is 5.52 Å². The van der Waals surface area contributed by atoms with Crippen molar-refractivity contribution in [3.63, 3.8) is 0 Å². The van der Waals surface area contributed by atoms with E-state index in [0.29, 0.717) is 49.3 Å². The van der Waals surface area contributed by atoms with Gasteiger partial charge in [0.2, 0.25) is 0 Å². The van der Waals surface area contributed by atoms with E-state index in [4.69, 9.17) is 4.74 Å². The van der Waals surface area contributed by atoms with Crippen LogP contribution >= 0.6 is 0 Å². The Morgan fingerprint density at radius 1 is 1.22 bits per heavy atom. The fraction of sp³-hybridized carbons (Fsp3) is 0.391. The normalized spacial score (nSPS) is 21.5. The van der Waals surface area contributed by atoms with Crippen molar-refractivity contribution in [2.45, 2.75) is 25.0 Å². The number of aliphatic hydroxyl groups excluding tert-OH is 1. The van der Waals surface area contributed by atoms with Crippen LogP contribution in [0.5, 0.6) is 0 Å². The summed E-state index contributed by atoms with van der Waals surface area (Å²) in [6.45, 7) is 1.69. The van der Waals surface area contributed by atoms with Gasteiger partial charge in [0.15, 0.2) is 0 Å². The van der Waals surface area contributed by atoms with Gasteiger partial charge < -0.3 is 19.6 Å². The summed E-state index contributed by atoms with van der Waals surface area (Å²) < 4.78 is 35.3. The third-order valence-electron chi connectivity index (χ3n) is 6.27. The highest BCUT2D eigenvalue weighted by Crippen LogP contribution is 2.38. The average molecular weight is 442 g/mol. The first-order valence-corrected chi connectivity index (χ1v) is 10.8. The van der Waals surface area contributed by atoms with Gasteiger partial charge in [0.1, 0.15) is 11.6 Å². The molecule has 2 atom stereocenters. The average Bonchev–Trinajstić information content (AvgIpc) is 3.47. The maximum absolute atomic E-state index is 14.5. The number of fused-ring (bicyclic) bond motifs is 1. The number of anilines is 1. The van der Waals surface area contributed by atoms with E-state index in [1.807, 2.05) is 12.1 Å². The number of ether oxygens (including phenoxy) is 1. The number of amides is 1. The molecule has 2 saturated heterocycles. The summed E-state index contributed by atoms with van der Waals surface area (Å²) in [5.41, 5.74) is 2.27. The van der Waals surface area contributed by atoms with Crippen molar-refractivity contribution in [1.82, 2.24) is 14.5 Å². The van der Waals surface area contributed by atoms with Crippen LogP contribution in [0.1, 0.15) is 34.8 Å². The maximum atomic E-state index is 14.5. The predicted molar refractivity (Wildman–Crippen MR) is 114 cm³/mol. The Kier molecular flexibility index (Phi) is 5.52. The predicted octanol–water partition coefficient (Wildman–Crippen LogP) is 2.79. The number of carbonyl (C=O) groups excluding carboxylic acids is 1. The molecule has 2 fully saturated rings. The summed E-state index contributed by atoms with van der Waals surface area (Å²) in [7, 11) is 0. The van der Waals surface area contributed by atoms with Crippen molar-refractivity contribution in [1.29, 1.82) is 0 Å². The number of carbonyl (C=O) groups is 1. The molecule has 168 valence electrons. The van der Waals surface area contributed by atoms with Gasteiger partial charge in [-0.2, -0.15) is 5.10 Å². The second-order valence-corrected chi connectivity index (χ2v) is 8.22. The van der Waals surface area contributed by atoms with Crippen molar-refractivity contribution in [2.24, 2.45) is 0 Å². The van der Waals surface area contributed by atoms with E-state index in [1.165, 1.54) is 12.1 Å². The third-order valence-corrected chi connectivity index (χ3v) is 6.27. The van der Waals surface area contributed by atoms with Crippen molar-refractivity contribution in [3.8, 4) is 0 Å². The van der Waals surface area contributed by atoms with Crippen LogP contribution < -0.4 is 4.90 Å². The summed E-state index contributed by atoms with van der Waals surface area (Å²) in [5, 5.41) is 13.7. The van der Waals surface area contributed by atoms with Crippen LogP contribution in [-0.4, -0.2) is 64.5 Å². The molecule has 0 saturated carbocycles. The second kappa shape index (κ2) is 8.48. The lowest BCUT2D eigenvalue weighted by Crippen LogP contribution is -2.46. The molecular weight excluding hydrogens is 418 g/mol. The van der Waals surface area contributed by atoms with Gasteiger partial charge in [0.05, 0.1) is 42.6 Å². The van der Waals surface area contributed by atoms with Crippen LogP contribution in [0.4, 0.5) is 14.5 Å². The van der Waals surface area contributed by atoms with E-state index in [2.05, 4.69) is 10.00 Å². The molecule has 0 spiro atoms. The molecule has 2 aromatic heterocycles. The molecule has 1 N–H and O–H groups in total. The van der Waals surface area contributed by atoms with Crippen LogP contribution in [0.15, 0.2) is 42.7 Å². The molecule has 0 aliphatic carbocycles. The van der Waals surface area contributed by atoms with Gasteiger partial charge in [0, 0.05) is 37.1 Å². The minimum atomic E-state index is -0.459. The molecule has 3 aromatic rings. The zero-order valence-electron chi connectivity index (χ0n) is 17.5. The Hall–Kier alpha value is -3.04. The van der Waals surface area contributed by atoms with Gasteiger partial charge in [-0.15, -0.1) is 0 Å². The maximum Gasteiger partial charge on any atom is 0.257 e. The Bertz CT molecular complexity index is 1150. The number of hydrogen-bond donors (Lipinski definition) is 1. The van der Waals surface area contributed by atoms with Gasteiger partial charge in [-0.25, -0.2) is 13.3 Å². The number of pyridine rings is 1. The lowest BCUT2D eigenvalue weighted by atomic mass is 10.0. The van der Waals surface area contributed by atoms with Gasteiger partial charge in [-0.3, -0.25) is 4.79 Å². The molecule has 5 rings (SSSR count). The number of aliphatic hydroxyl groups is 1. The van der Waals surface area contributed by atoms with Crippen molar-refractivity contribution in [3.05, 3.63) is 65.5 Å². The molecule has 1 amide bonds. The highest BCUT2D eigenvalue weighted by atomic mass is 19.1. The topological polar surface area (TPSA) is 70.3 Å². The summed E-state index contributed by atoms with van der Waals surface area (Å²) in [4.78, 5) is 16.9. The first kappa shape index (κ1) is 20.8. The molecule has 9 heteroatoms. The Morgan fingerprint density at radius 3 is 2.94 bits per heavy atom. The summed E-state index contributed by atoms with van der Waals surface area (Å²) in [5.74, 6) is -1.05. The standard InChI is InChI=1S/C23H24F2N4O3/c24-15-3-4-20(25)18(10-15)21-2-1-6-28(21)16-5-7-29-22(11-16)19(12-26-29)23(31)27-8-9-32-17(13-27)14-30/h3-5,7,10-12,17,21,30H,1-2,6,8-9,13-14H2/t17?,21-/m1/s1. The van der Waals surface area contributed by atoms with Crippen molar-refractivity contribution >= 4 is 17.1 Å². The first-order valence-electron chi connectivity index (χ1n) is 10.8. The molecule has 0 radical (unpaired) electrons. The smallest absolute Gasteiger partial charge is 0.257 e. The molecule has 2 aliphatic rings. The molecule has 2 aliphatic heterocycles. The number of nitrogens with zero attached hydrogens (tertiary/aromatic N) is 4. The SMILES string of the molecule is O=C(c1cnn2ccc(N3CCC[C@@H]3c3cc(F)ccc3F)cc12)N1CCOC(CO)C1. The summed E-state index contributed by atoms with van der Waals surface area (Å²) in [6, 6.07) is 7.03. The Morgan fingerprint density at radius 2 is 2.09 bits per heavy atom. The van der Waals surface area contributed by atoms with Crippen molar-refractivity contribution < 1.29 is 23.4 Å². The number of halogens is 2. The van der Waals surface area contributed by atoms with Crippen LogP contribution in [0.3, 0.4) is 0 Å². The number of morpholine rings is 1. The first-order chi connectivity index (χ1) is 15.5. The lowest BCUT2D eigenvalue weighted by molar-refractivity contribution is -0.0446. The lowest BCUT2D eigenvalue weighted by Gasteiger charge is -2.32. The molecule has 1 aromatic carbocycles. The zero-order valence-corrected chi connectivity index (χ0v) is 17.5. The summed E-state index contributed by atoms with van der Waals surface area (Å²) in [6.07, 6.45) is 4.49. The zero-order chi connectivity index (χ0) is 22.2. The van der Waals surface area contributed by atoms with E-state index >= 15 is 0 Å². The fourth-order valence-electron chi connectivity index (χ4n) is 4.67. The molecule has 4 heterocycles.